The fourth-order valence-electron chi connectivity index (χ4n) is 2.74. The minimum atomic E-state index is -0.930. The minimum absolute atomic E-state index is 0.158. The van der Waals surface area contributed by atoms with E-state index in [0.717, 1.165) is 5.92 Å². The standard InChI is InChI=1S/C13H25NO3/c1-3-10-4-6-11(7-5-10)14(2)9-12(15)8-13(16)17/h10-12,15H,3-9H2,1-2H3,(H,16,17). The predicted octanol–water partition coefficient (Wildman–Crippen LogP) is 1.72. The summed E-state index contributed by atoms with van der Waals surface area (Å²) in [6.07, 6.45) is 5.23. The highest BCUT2D eigenvalue weighted by atomic mass is 16.4. The Kier molecular flexibility index (Phi) is 5.92. The Balaban J connectivity index is 2.28. The van der Waals surface area contributed by atoms with Gasteiger partial charge in [0.15, 0.2) is 0 Å². The summed E-state index contributed by atoms with van der Waals surface area (Å²) in [5.41, 5.74) is 0. The molecule has 1 aliphatic rings. The summed E-state index contributed by atoms with van der Waals surface area (Å²) >= 11 is 0. The fraction of sp³-hybridized carbons (Fsp3) is 0.923. The van der Waals surface area contributed by atoms with Crippen LogP contribution in [-0.2, 0) is 4.79 Å². The second-order valence-corrected chi connectivity index (χ2v) is 5.27. The molecule has 0 heterocycles. The maximum absolute atomic E-state index is 10.5. The van der Waals surface area contributed by atoms with Gasteiger partial charge in [-0.2, -0.15) is 0 Å². The molecule has 0 spiro atoms. The SMILES string of the molecule is CCC1CCC(N(C)CC(O)CC(=O)O)CC1. The first kappa shape index (κ1) is 14.5. The fourth-order valence-corrected chi connectivity index (χ4v) is 2.74. The van der Waals surface area contributed by atoms with E-state index < -0.39 is 12.1 Å². The van der Waals surface area contributed by atoms with Crippen LogP contribution in [0.4, 0.5) is 0 Å². The third-order valence-corrected chi connectivity index (χ3v) is 3.93. The monoisotopic (exact) mass is 243 g/mol. The van der Waals surface area contributed by atoms with E-state index in [-0.39, 0.29) is 6.42 Å². The van der Waals surface area contributed by atoms with Gasteiger partial charge in [0.05, 0.1) is 12.5 Å². The number of hydrogen-bond donors (Lipinski definition) is 2. The average molecular weight is 243 g/mol. The van der Waals surface area contributed by atoms with Crippen LogP contribution < -0.4 is 0 Å². The zero-order chi connectivity index (χ0) is 12.8. The van der Waals surface area contributed by atoms with Crippen LogP contribution >= 0.6 is 0 Å². The van der Waals surface area contributed by atoms with Crippen LogP contribution in [0, 0.1) is 5.92 Å². The van der Waals surface area contributed by atoms with E-state index in [1.807, 2.05) is 7.05 Å². The molecule has 0 amide bonds. The topological polar surface area (TPSA) is 60.8 Å². The van der Waals surface area contributed by atoms with Crippen molar-refractivity contribution >= 4 is 5.97 Å². The van der Waals surface area contributed by atoms with Gasteiger partial charge in [-0.05, 0) is 38.6 Å². The first-order valence-electron chi connectivity index (χ1n) is 6.63. The molecular formula is C13H25NO3. The van der Waals surface area contributed by atoms with Crippen molar-refractivity contribution in [2.75, 3.05) is 13.6 Å². The number of carbonyl (C=O) groups is 1. The Morgan fingerprint density at radius 3 is 2.41 bits per heavy atom. The van der Waals surface area contributed by atoms with Crippen molar-refractivity contribution < 1.29 is 15.0 Å². The van der Waals surface area contributed by atoms with E-state index in [4.69, 9.17) is 5.11 Å². The van der Waals surface area contributed by atoms with Gasteiger partial charge in [0, 0.05) is 12.6 Å². The largest absolute Gasteiger partial charge is 0.481 e. The number of likely N-dealkylation sites (N-methyl/N-ethyl adjacent to an activating group) is 1. The highest BCUT2D eigenvalue weighted by Gasteiger charge is 2.24. The van der Waals surface area contributed by atoms with Crippen molar-refractivity contribution in [2.45, 2.75) is 57.6 Å². The summed E-state index contributed by atoms with van der Waals surface area (Å²) in [6.45, 7) is 2.71. The number of hydrogen-bond acceptors (Lipinski definition) is 3. The summed E-state index contributed by atoms with van der Waals surface area (Å²) in [7, 11) is 1.99. The van der Waals surface area contributed by atoms with Gasteiger partial charge in [0.25, 0.3) is 0 Å². The van der Waals surface area contributed by atoms with Gasteiger partial charge in [-0.15, -0.1) is 0 Å². The van der Waals surface area contributed by atoms with Crippen LogP contribution in [0.25, 0.3) is 0 Å². The summed E-state index contributed by atoms with van der Waals surface area (Å²) in [4.78, 5) is 12.6. The minimum Gasteiger partial charge on any atom is -0.481 e. The molecule has 100 valence electrons. The van der Waals surface area contributed by atoms with E-state index in [1.54, 1.807) is 0 Å². The van der Waals surface area contributed by atoms with Gasteiger partial charge in [-0.3, -0.25) is 4.79 Å². The molecule has 17 heavy (non-hydrogen) atoms. The lowest BCUT2D eigenvalue weighted by Crippen LogP contribution is -2.40. The van der Waals surface area contributed by atoms with Crippen molar-refractivity contribution in [2.24, 2.45) is 5.92 Å². The van der Waals surface area contributed by atoms with Crippen LogP contribution in [-0.4, -0.2) is 46.8 Å². The third kappa shape index (κ3) is 5.04. The first-order chi connectivity index (χ1) is 8.02. The molecule has 0 radical (unpaired) electrons. The molecule has 1 rings (SSSR count). The van der Waals surface area contributed by atoms with Crippen molar-refractivity contribution in [1.29, 1.82) is 0 Å². The zero-order valence-electron chi connectivity index (χ0n) is 10.9. The van der Waals surface area contributed by atoms with E-state index in [0.29, 0.717) is 12.6 Å². The maximum atomic E-state index is 10.5. The number of carboxylic acids is 1. The van der Waals surface area contributed by atoms with E-state index in [9.17, 15) is 9.90 Å². The summed E-state index contributed by atoms with van der Waals surface area (Å²) in [5.74, 6) is -0.0656. The first-order valence-corrected chi connectivity index (χ1v) is 6.63. The van der Waals surface area contributed by atoms with E-state index in [1.165, 1.54) is 32.1 Å². The number of aliphatic hydroxyl groups is 1. The van der Waals surface area contributed by atoms with Crippen molar-refractivity contribution in [1.82, 2.24) is 4.90 Å². The molecular weight excluding hydrogens is 218 g/mol. The molecule has 1 saturated carbocycles. The van der Waals surface area contributed by atoms with Gasteiger partial charge >= 0.3 is 5.97 Å². The molecule has 4 heteroatoms. The lowest BCUT2D eigenvalue weighted by Gasteiger charge is -2.35. The molecule has 2 N–H and O–H groups in total. The molecule has 0 bridgehead atoms. The zero-order valence-corrected chi connectivity index (χ0v) is 10.9. The third-order valence-electron chi connectivity index (χ3n) is 3.93. The Labute approximate surface area is 104 Å². The number of aliphatic carboxylic acids is 1. The average Bonchev–Trinajstić information content (AvgIpc) is 2.28. The van der Waals surface area contributed by atoms with Crippen molar-refractivity contribution in [3.63, 3.8) is 0 Å². The van der Waals surface area contributed by atoms with E-state index in [2.05, 4.69) is 11.8 Å². The molecule has 1 atom stereocenters. The highest BCUT2D eigenvalue weighted by molar-refractivity contribution is 5.67. The van der Waals surface area contributed by atoms with Gasteiger partial charge in [0.2, 0.25) is 0 Å². The predicted molar refractivity (Wildman–Crippen MR) is 66.9 cm³/mol. The quantitative estimate of drug-likeness (QED) is 0.745. The van der Waals surface area contributed by atoms with E-state index >= 15 is 0 Å². The highest BCUT2D eigenvalue weighted by Crippen LogP contribution is 2.28. The summed E-state index contributed by atoms with van der Waals surface area (Å²) in [5, 5.41) is 18.2. The molecule has 0 aliphatic heterocycles. The maximum Gasteiger partial charge on any atom is 0.306 e. The molecule has 1 unspecified atom stereocenters. The molecule has 1 fully saturated rings. The van der Waals surface area contributed by atoms with Crippen molar-refractivity contribution in [3.05, 3.63) is 0 Å². The van der Waals surface area contributed by atoms with Crippen LogP contribution in [0.15, 0.2) is 0 Å². The molecule has 0 aromatic heterocycles. The van der Waals surface area contributed by atoms with Gasteiger partial charge in [-0.1, -0.05) is 13.3 Å². The Morgan fingerprint density at radius 1 is 1.35 bits per heavy atom. The molecule has 4 nitrogen and oxygen atoms in total. The summed E-state index contributed by atoms with van der Waals surface area (Å²) in [6, 6.07) is 0.515. The Hall–Kier alpha value is -0.610. The Bertz CT molecular complexity index is 237. The summed E-state index contributed by atoms with van der Waals surface area (Å²) < 4.78 is 0. The molecule has 0 aromatic rings. The number of carboxylic acid groups (broad SMARTS) is 1. The van der Waals surface area contributed by atoms with Gasteiger partial charge in [-0.25, -0.2) is 0 Å². The second-order valence-electron chi connectivity index (χ2n) is 5.27. The molecule has 0 aromatic carbocycles. The lowest BCUT2D eigenvalue weighted by atomic mass is 9.84. The van der Waals surface area contributed by atoms with Crippen LogP contribution in [0.3, 0.4) is 0 Å². The van der Waals surface area contributed by atoms with Crippen LogP contribution in [0.1, 0.15) is 45.4 Å². The van der Waals surface area contributed by atoms with Gasteiger partial charge in [0.1, 0.15) is 0 Å². The van der Waals surface area contributed by atoms with Gasteiger partial charge < -0.3 is 15.1 Å². The number of nitrogens with zero attached hydrogens (tertiary/aromatic N) is 1. The molecule has 0 saturated heterocycles. The van der Waals surface area contributed by atoms with Crippen LogP contribution in [0.2, 0.25) is 0 Å². The lowest BCUT2D eigenvalue weighted by molar-refractivity contribution is -0.139. The normalized spacial score (nSPS) is 27.1. The Morgan fingerprint density at radius 2 is 1.94 bits per heavy atom. The second kappa shape index (κ2) is 6.97. The van der Waals surface area contributed by atoms with Crippen LogP contribution in [0.5, 0.6) is 0 Å². The van der Waals surface area contributed by atoms with Crippen molar-refractivity contribution in [3.8, 4) is 0 Å². The molecule has 1 aliphatic carbocycles. The number of rotatable bonds is 6. The number of aliphatic hydroxyl groups excluding tert-OH is 1. The smallest absolute Gasteiger partial charge is 0.306 e.